The van der Waals surface area contributed by atoms with Crippen LogP contribution in [0, 0.1) is 5.82 Å². The highest BCUT2D eigenvalue weighted by Gasteiger charge is 2.27. The van der Waals surface area contributed by atoms with Gasteiger partial charge in [-0.05, 0) is 67.8 Å². The van der Waals surface area contributed by atoms with E-state index in [-0.39, 0.29) is 60.3 Å². The van der Waals surface area contributed by atoms with Gasteiger partial charge in [0.2, 0.25) is 0 Å². The Morgan fingerprint density at radius 1 is 0.787 bits per heavy atom. The molecule has 2 amide bonds. The zero-order valence-corrected chi connectivity index (χ0v) is 26.1. The first-order chi connectivity index (χ1) is 22.7. The maximum absolute atomic E-state index is 15.0. The zero-order valence-electron chi connectivity index (χ0n) is 26.1. The summed E-state index contributed by atoms with van der Waals surface area (Å²) in [6.07, 6.45) is 1.14. The smallest absolute Gasteiger partial charge is 0.453 e. The summed E-state index contributed by atoms with van der Waals surface area (Å²) in [4.78, 5) is 62.4. The predicted molar refractivity (Wildman–Crippen MR) is 163 cm³/mol. The summed E-state index contributed by atoms with van der Waals surface area (Å²) >= 11 is 0. The fourth-order valence-electron chi connectivity index (χ4n) is 4.75. The van der Waals surface area contributed by atoms with E-state index in [4.69, 9.17) is 33.5 Å². The van der Waals surface area contributed by atoms with E-state index in [1.54, 1.807) is 24.3 Å². The summed E-state index contributed by atoms with van der Waals surface area (Å²) in [5.74, 6) is -2.61. The maximum Gasteiger partial charge on any atom is 0.453 e. The molecule has 1 heterocycles. The number of amides is 2. The quantitative estimate of drug-likeness (QED) is 0.127. The first kappa shape index (κ1) is 34.7. The highest BCUT2D eigenvalue weighted by molar-refractivity contribution is 6.11. The van der Waals surface area contributed by atoms with Crippen LogP contribution in [0.1, 0.15) is 55.9 Å². The molecular formula is C33H35FN2O11. The number of nitrogens with zero attached hydrogens (tertiary/aromatic N) is 1. The van der Waals surface area contributed by atoms with E-state index in [1.165, 1.54) is 62.6 Å². The van der Waals surface area contributed by atoms with Crippen LogP contribution in [0.25, 0.3) is 0 Å². The number of methoxy groups -OCH3 is 3. The number of carbonyl (C=O) groups excluding carboxylic acids is 4. The number of ketones is 1. The molecule has 0 bridgehead atoms. The lowest BCUT2D eigenvalue weighted by molar-refractivity contribution is -0.192. The third kappa shape index (κ3) is 9.17. The van der Waals surface area contributed by atoms with Gasteiger partial charge in [-0.1, -0.05) is 12.1 Å². The van der Waals surface area contributed by atoms with E-state index < -0.39 is 23.7 Å². The van der Waals surface area contributed by atoms with Crippen LogP contribution in [0.3, 0.4) is 0 Å². The van der Waals surface area contributed by atoms with Gasteiger partial charge in [0.15, 0.2) is 30.9 Å². The Morgan fingerprint density at radius 3 is 2.11 bits per heavy atom. The Bertz CT molecular complexity index is 1550. The van der Waals surface area contributed by atoms with Crippen LogP contribution < -0.4 is 19.5 Å². The van der Waals surface area contributed by atoms with Crippen molar-refractivity contribution in [2.45, 2.75) is 25.3 Å². The maximum atomic E-state index is 15.0. The summed E-state index contributed by atoms with van der Waals surface area (Å²) in [5, 5.41) is 2.93. The standard InChI is InChI=1S/C33H35FN2O11/c1-41-19-44-25-13-11-22(12-14-25)31(38)35-24-6-4-5-17-36(18-24)33(40)47-46-32(39)23-9-7-21(8-10-23)30(37)28-26(45-20-42-2)15-16-27(43-3)29(28)34/h7-16,24H,4-6,17-20H2,1-3H3,(H,35,38). The Hall–Kier alpha value is -5.21. The lowest BCUT2D eigenvalue weighted by atomic mass is 10.00. The molecule has 1 aliphatic rings. The molecule has 0 radical (unpaired) electrons. The molecule has 47 heavy (non-hydrogen) atoms. The Morgan fingerprint density at radius 2 is 1.43 bits per heavy atom. The van der Waals surface area contributed by atoms with Crippen LogP contribution in [0.4, 0.5) is 9.18 Å². The number of rotatable bonds is 12. The van der Waals surface area contributed by atoms with Crippen LogP contribution in [0.2, 0.25) is 0 Å². The number of nitrogens with one attached hydrogen (secondary N) is 1. The van der Waals surface area contributed by atoms with E-state index in [2.05, 4.69) is 5.32 Å². The molecule has 1 saturated heterocycles. The summed E-state index contributed by atoms with van der Waals surface area (Å²) in [6, 6.07) is 14.0. The average Bonchev–Trinajstić information content (AvgIpc) is 3.34. The second-order valence-corrected chi connectivity index (χ2v) is 10.3. The molecule has 3 aromatic carbocycles. The van der Waals surface area contributed by atoms with Gasteiger partial charge in [0.1, 0.15) is 17.1 Å². The van der Waals surface area contributed by atoms with Crippen molar-refractivity contribution in [2.75, 3.05) is 48.0 Å². The number of likely N-dealkylation sites (tertiary alicyclic amines) is 1. The third-order valence-electron chi connectivity index (χ3n) is 7.14. The van der Waals surface area contributed by atoms with Crippen molar-refractivity contribution in [3.8, 4) is 17.2 Å². The summed E-state index contributed by atoms with van der Waals surface area (Å²) in [6.45, 7) is 0.345. The van der Waals surface area contributed by atoms with Gasteiger partial charge in [0.25, 0.3) is 5.91 Å². The van der Waals surface area contributed by atoms with Crippen molar-refractivity contribution in [2.24, 2.45) is 0 Å². The van der Waals surface area contributed by atoms with Crippen LogP contribution in [-0.4, -0.2) is 82.7 Å². The number of hydrogen-bond acceptors (Lipinski definition) is 11. The van der Waals surface area contributed by atoms with Crippen molar-refractivity contribution in [3.63, 3.8) is 0 Å². The van der Waals surface area contributed by atoms with Gasteiger partial charge in [0, 0.05) is 44.5 Å². The lowest BCUT2D eigenvalue weighted by Crippen LogP contribution is -2.45. The van der Waals surface area contributed by atoms with Crippen molar-refractivity contribution >= 4 is 23.8 Å². The molecule has 1 aliphatic heterocycles. The van der Waals surface area contributed by atoms with Crippen LogP contribution >= 0.6 is 0 Å². The molecule has 1 fully saturated rings. The largest absolute Gasteiger partial charge is 0.494 e. The predicted octanol–water partition coefficient (Wildman–Crippen LogP) is 4.52. The normalized spacial score (nSPS) is 14.4. The molecule has 1 atom stereocenters. The number of ether oxygens (including phenoxy) is 5. The Kier molecular flexibility index (Phi) is 12.5. The molecule has 1 unspecified atom stereocenters. The number of carbonyl (C=O) groups is 4. The number of hydrogen-bond donors (Lipinski definition) is 1. The molecule has 4 rings (SSSR count). The molecule has 250 valence electrons. The molecule has 13 nitrogen and oxygen atoms in total. The minimum absolute atomic E-state index is 0.0315. The van der Waals surface area contributed by atoms with Gasteiger partial charge >= 0.3 is 12.1 Å². The van der Waals surface area contributed by atoms with Crippen LogP contribution in [-0.2, 0) is 19.2 Å². The van der Waals surface area contributed by atoms with Crippen molar-refractivity contribution in [3.05, 3.63) is 88.7 Å². The van der Waals surface area contributed by atoms with Crippen LogP contribution in [0.5, 0.6) is 17.2 Å². The summed E-state index contributed by atoms with van der Waals surface area (Å²) in [7, 11) is 4.15. The monoisotopic (exact) mass is 654 g/mol. The van der Waals surface area contributed by atoms with Gasteiger partial charge in [-0.25, -0.2) is 23.8 Å². The minimum Gasteiger partial charge on any atom is -0.494 e. The topological polar surface area (TPSA) is 148 Å². The highest BCUT2D eigenvalue weighted by Crippen LogP contribution is 2.31. The van der Waals surface area contributed by atoms with Crippen molar-refractivity contribution in [1.29, 1.82) is 0 Å². The van der Waals surface area contributed by atoms with Gasteiger partial charge < -0.3 is 33.9 Å². The Labute approximate surface area is 270 Å². The molecule has 1 N–H and O–H groups in total. The second-order valence-electron chi connectivity index (χ2n) is 10.3. The first-order valence-electron chi connectivity index (χ1n) is 14.6. The van der Waals surface area contributed by atoms with Gasteiger partial charge in [-0.15, -0.1) is 0 Å². The third-order valence-corrected chi connectivity index (χ3v) is 7.14. The minimum atomic E-state index is -0.994. The molecule has 0 spiro atoms. The molecule has 0 aliphatic carbocycles. The Balaban J connectivity index is 1.33. The lowest BCUT2D eigenvalue weighted by Gasteiger charge is -2.23. The molecule has 3 aromatic rings. The van der Waals surface area contributed by atoms with E-state index >= 15 is 4.39 Å². The van der Waals surface area contributed by atoms with Gasteiger partial charge in [0.05, 0.1) is 12.7 Å². The van der Waals surface area contributed by atoms with Gasteiger partial charge in [-0.3, -0.25) is 9.59 Å². The SMILES string of the molecule is COCOc1ccc(C(=O)NC2CCCCN(C(=O)OOC(=O)c3ccc(C(=O)c4c(OCOC)ccc(OC)c4F)cc3)C2)cc1. The van der Waals surface area contributed by atoms with E-state index in [9.17, 15) is 19.2 Å². The summed E-state index contributed by atoms with van der Waals surface area (Å²) < 4.78 is 40.4. The molecule has 14 heteroatoms. The highest BCUT2D eigenvalue weighted by atomic mass is 19.1. The van der Waals surface area contributed by atoms with Crippen molar-refractivity contribution in [1.82, 2.24) is 10.2 Å². The summed E-state index contributed by atoms with van der Waals surface area (Å²) in [5.41, 5.74) is 0.0586. The molecular weight excluding hydrogens is 619 g/mol. The van der Waals surface area contributed by atoms with Gasteiger partial charge in [-0.2, -0.15) is 0 Å². The second kappa shape index (κ2) is 16.9. The molecule has 0 aromatic heterocycles. The van der Waals surface area contributed by atoms with Crippen LogP contribution in [0.15, 0.2) is 60.7 Å². The van der Waals surface area contributed by atoms with E-state index in [0.717, 1.165) is 6.42 Å². The zero-order chi connectivity index (χ0) is 33.8. The molecule has 0 saturated carbocycles. The number of halogens is 1. The van der Waals surface area contributed by atoms with E-state index in [0.29, 0.717) is 30.7 Å². The van der Waals surface area contributed by atoms with Crippen molar-refractivity contribution < 1.29 is 57.0 Å². The number of benzene rings is 3. The fourth-order valence-corrected chi connectivity index (χ4v) is 4.75. The fraction of sp³-hybridized carbons (Fsp3) is 0.333. The first-order valence-corrected chi connectivity index (χ1v) is 14.6. The van der Waals surface area contributed by atoms with E-state index in [1.807, 2.05) is 0 Å². The average molecular weight is 655 g/mol.